The molecule has 1 heterocycles. The maximum Gasteiger partial charge on any atom is 0.311 e. The lowest BCUT2D eigenvalue weighted by Gasteiger charge is -2.23. The third-order valence-corrected chi connectivity index (χ3v) is 5.23. The first-order valence-corrected chi connectivity index (χ1v) is 10.1. The molecule has 0 aliphatic carbocycles. The maximum absolute atomic E-state index is 13.0. The van der Waals surface area contributed by atoms with Gasteiger partial charge < -0.3 is 15.4 Å². The summed E-state index contributed by atoms with van der Waals surface area (Å²) >= 11 is 3.37. The molecule has 2 aromatic rings. The number of rotatable bonds is 5. The Labute approximate surface area is 183 Å². The second-order valence-electron chi connectivity index (χ2n) is 6.98. The summed E-state index contributed by atoms with van der Waals surface area (Å²) < 4.78 is 5.55. The van der Waals surface area contributed by atoms with Crippen LogP contribution in [0.25, 0.3) is 0 Å². The van der Waals surface area contributed by atoms with E-state index in [0.717, 1.165) is 15.6 Å². The fourth-order valence-electron chi connectivity index (χ4n) is 3.08. The lowest BCUT2D eigenvalue weighted by atomic mass is 10.1. The van der Waals surface area contributed by atoms with E-state index in [-0.39, 0.29) is 18.9 Å². The molecule has 0 spiro atoms. The van der Waals surface area contributed by atoms with Crippen LogP contribution in [0.3, 0.4) is 0 Å². The fourth-order valence-corrected chi connectivity index (χ4v) is 3.47. The monoisotopic (exact) mass is 471 g/mol. The van der Waals surface area contributed by atoms with Crippen LogP contribution >= 0.6 is 15.9 Å². The number of ether oxygens (including phenoxy) is 1. The van der Waals surface area contributed by atoms with Crippen molar-refractivity contribution in [2.45, 2.75) is 20.3 Å². The third-order valence-electron chi connectivity index (χ3n) is 4.73. The number of hydrogen-bond acceptors (Lipinski definition) is 5. The molecule has 3 rings (SSSR count). The molecule has 0 aromatic heterocycles. The highest BCUT2D eigenvalue weighted by Gasteiger charge is 2.26. The zero-order valence-corrected chi connectivity index (χ0v) is 18.5. The number of benzene rings is 2. The molecule has 0 unspecified atom stereocenters. The van der Waals surface area contributed by atoms with E-state index in [1.54, 1.807) is 12.1 Å². The largest absolute Gasteiger partial charge is 0.469 e. The van der Waals surface area contributed by atoms with E-state index in [9.17, 15) is 14.4 Å². The number of nitrogens with one attached hydrogen (secondary N) is 2. The van der Waals surface area contributed by atoms with E-state index >= 15 is 0 Å². The summed E-state index contributed by atoms with van der Waals surface area (Å²) in [5.41, 5.74) is 4.25. The third kappa shape index (κ3) is 5.07. The zero-order valence-electron chi connectivity index (χ0n) is 16.9. The van der Waals surface area contributed by atoms with Crippen molar-refractivity contribution in [3.63, 3.8) is 0 Å². The lowest BCUT2D eigenvalue weighted by Crippen LogP contribution is -2.37. The number of methoxy groups -OCH3 is 1. The molecule has 0 saturated heterocycles. The summed E-state index contributed by atoms with van der Waals surface area (Å²) in [5.74, 6) is -1.20. The van der Waals surface area contributed by atoms with Crippen molar-refractivity contribution in [3.8, 4) is 0 Å². The minimum absolute atomic E-state index is 0.0767. The number of halogens is 1. The Morgan fingerprint density at radius 1 is 1.17 bits per heavy atom. The normalized spacial score (nSPS) is 13.0. The topological polar surface area (TPSA) is 87.7 Å². The molecule has 156 valence electrons. The summed E-state index contributed by atoms with van der Waals surface area (Å²) in [5, 5.41) is 5.95. The first kappa shape index (κ1) is 21.6. The van der Waals surface area contributed by atoms with Crippen LogP contribution in [0.4, 0.5) is 17.1 Å². The number of hydrogen-bond donors (Lipinski definition) is 2. The predicted molar refractivity (Wildman–Crippen MR) is 119 cm³/mol. The first-order chi connectivity index (χ1) is 14.3. The summed E-state index contributed by atoms with van der Waals surface area (Å²) in [7, 11) is 1.29. The van der Waals surface area contributed by atoms with E-state index in [1.165, 1.54) is 18.1 Å². The minimum atomic E-state index is -0.465. The molecule has 30 heavy (non-hydrogen) atoms. The number of aryl methyl sites for hydroxylation is 2. The van der Waals surface area contributed by atoms with Gasteiger partial charge in [-0.25, -0.2) is 0 Å². The average molecular weight is 472 g/mol. The molecular formula is C22H22BrN3O4. The number of carbonyl (C=O) groups is 3. The molecule has 0 bridgehead atoms. The van der Waals surface area contributed by atoms with Crippen LogP contribution in [0.15, 0.2) is 52.6 Å². The number of fused-ring (bicyclic) bond motifs is 1. The van der Waals surface area contributed by atoms with Gasteiger partial charge in [0.05, 0.1) is 24.9 Å². The van der Waals surface area contributed by atoms with Gasteiger partial charge in [-0.15, -0.1) is 0 Å². The molecular weight excluding hydrogens is 450 g/mol. The van der Waals surface area contributed by atoms with Crippen LogP contribution in [-0.4, -0.2) is 31.4 Å². The van der Waals surface area contributed by atoms with E-state index in [0.29, 0.717) is 22.8 Å². The second-order valence-corrected chi connectivity index (χ2v) is 7.90. The van der Waals surface area contributed by atoms with Gasteiger partial charge in [-0.05, 0) is 55.3 Å². The van der Waals surface area contributed by atoms with Gasteiger partial charge in [-0.3, -0.25) is 19.3 Å². The average Bonchev–Trinajstić information content (AvgIpc) is 2.79. The van der Waals surface area contributed by atoms with Gasteiger partial charge in [0.15, 0.2) is 0 Å². The van der Waals surface area contributed by atoms with Gasteiger partial charge >= 0.3 is 5.97 Å². The molecule has 1 aliphatic heterocycles. The van der Waals surface area contributed by atoms with Gasteiger partial charge in [0.2, 0.25) is 5.91 Å². The van der Waals surface area contributed by atoms with Crippen molar-refractivity contribution < 1.29 is 19.1 Å². The van der Waals surface area contributed by atoms with Crippen molar-refractivity contribution in [3.05, 3.63) is 63.8 Å². The van der Waals surface area contributed by atoms with E-state index in [4.69, 9.17) is 4.74 Å². The van der Waals surface area contributed by atoms with Crippen molar-refractivity contribution >= 4 is 50.8 Å². The van der Waals surface area contributed by atoms with Crippen LogP contribution in [0, 0.1) is 13.8 Å². The molecule has 0 fully saturated rings. The van der Waals surface area contributed by atoms with Gasteiger partial charge in [0.1, 0.15) is 6.54 Å². The van der Waals surface area contributed by atoms with Crippen LogP contribution in [0.2, 0.25) is 0 Å². The van der Waals surface area contributed by atoms with Crippen LogP contribution in [-0.2, 0) is 19.1 Å². The lowest BCUT2D eigenvalue weighted by molar-refractivity contribution is -0.139. The number of esters is 1. The molecule has 2 N–H and O–H groups in total. The Kier molecular flexibility index (Phi) is 6.56. The van der Waals surface area contributed by atoms with Crippen LogP contribution in [0.5, 0.6) is 0 Å². The predicted octanol–water partition coefficient (Wildman–Crippen LogP) is 3.91. The molecule has 7 nitrogen and oxygen atoms in total. The van der Waals surface area contributed by atoms with Crippen molar-refractivity contribution in [1.29, 1.82) is 0 Å². The molecule has 1 aliphatic rings. The van der Waals surface area contributed by atoms with Crippen molar-refractivity contribution in [2.75, 3.05) is 29.2 Å². The summed E-state index contributed by atoms with van der Waals surface area (Å²) in [6.07, 6.45) is 1.25. The highest BCUT2D eigenvalue weighted by atomic mass is 79.9. The number of nitrogens with zero attached hydrogens (tertiary/aromatic N) is 1. The molecule has 0 atom stereocenters. The molecule has 0 saturated carbocycles. The highest BCUT2D eigenvalue weighted by molar-refractivity contribution is 9.10. The Hall–Kier alpha value is -3.13. The van der Waals surface area contributed by atoms with Gasteiger partial charge in [-0.1, -0.05) is 22.0 Å². The molecule has 8 heteroatoms. The Morgan fingerprint density at radius 2 is 1.90 bits per heavy atom. The quantitative estimate of drug-likeness (QED) is 0.645. The Bertz CT molecular complexity index is 1050. The smallest absolute Gasteiger partial charge is 0.311 e. The standard InChI is InChI=1S/C22H22BrN3O4/c1-13-7-18-19(8-14(13)2)26(21(28)10-17(24-18)11-22(29)30-3)12-20(27)25-16-6-4-5-15(23)9-16/h4-10,24H,11-12H2,1-3H3,(H,25,27). The van der Waals surface area contributed by atoms with E-state index < -0.39 is 11.9 Å². The van der Waals surface area contributed by atoms with Gasteiger partial charge in [0, 0.05) is 21.9 Å². The summed E-state index contributed by atoms with van der Waals surface area (Å²) in [4.78, 5) is 38.8. The van der Waals surface area contributed by atoms with Crippen molar-refractivity contribution in [2.24, 2.45) is 0 Å². The Balaban J connectivity index is 1.92. The minimum Gasteiger partial charge on any atom is -0.469 e. The first-order valence-electron chi connectivity index (χ1n) is 9.29. The summed E-state index contributed by atoms with van der Waals surface area (Å²) in [6.45, 7) is 3.72. The fraction of sp³-hybridized carbons (Fsp3) is 0.227. The SMILES string of the molecule is COC(=O)CC1=CC(=O)N(CC(=O)Nc2cccc(Br)c2)c2cc(C)c(C)cc2N1. The van der Waals surface area contributed by atoms with Crippen molar-refractivity contribution in [1.82, 2.24) is 0 Å². The molecule has 2 amide bonds. The van der Waals surface area contributed by atoms with Crippen LogP contribution in [0.1, 0.15) is 17.5 Å². The molecule has 0 radical (unpaired) electrons. The van der Waals surface area contributed by atoms with Gasteiger partial charge in [-0.2, -0.15) is 0 Å². The molecule has 2 aromatic carbocycles. The maximum atomic E-state index is 13.0. The number of carbonyl (C=O) groups excluding carboxylic acids is 3. The van der Waals surface area contributed by atoms with Crippen LogP contribution < -0.4 is 15.5 Å². The van der Waals surface area contributed by atoms with E-state index in [2.05, 4.69) is 26.6 Å². The van der Waals surface area contributed by atoms with Gasteiger partial charge in [0.25, 0.3) is 5.91 Å². The highest BCUT2D eigenvalue weighted by Crippen LogP contribution is 2.33. The van der Waals surface area contributed by atoms with E-state index in [1.807, 2.05) is 38.1 Å². The zero-order chi connectivity index (χ0) is 21.8. The number of anilines is 3. The number of amides is 2. The summed E-state index contributed by atoms with van der Waals surface area (Å²) in [6, 6.07) is 11.0. The second kappa shape index (κ2) is 9.13. The Morgan fingerprint density at radius 3 is 2.60 bits per heavy atom.